The first-order valence-electron chi connectivity index (χ1n) is 7.77. The highest BCUT2D eigenvalue weighted by Gasteiger charge is 2.22. The number of hydrogen-bond donors (Lipinski definition) is 3. The van der Waals surface area contributed by atoms with Gasteiger partial charge in [-0.25, -0.2) is 4.79 Å². The number of amides is 2. The van der Waals surface area contributed by atoms with Crippen molar-refractivity contribution in [1.82, 2.24) is 10.6 Å². The monoisotopic (exact) mass is 382 g/mol. The number of carbonyl (C=O) groups excluding carboxylic acids is 2. The molecule has 1 aromatic carbocycles. The molecular weight excluding hydrogens is 364 g/mol. The Bertz CT molecular complexity index is 803. The van der Waals surface area contributed by atoms with E-state index in [9.17, 15) is 14.4 Å². The smallest absolute Gasteiger partial charge is 0.326 e. The van der Waals surface area contributed by atoms with Gasteiger partial charge in [-0.2, -0.15) is 0 Å². The van der Waals surface area contributed by atoms with Crippen molar-refractivity contribution in [3.8, 4) is 0 Å². The Balaban J connectivity index is 1.97. The summed E-state index contributed by atoms with van der Waals surface area (Å²) in [5.41, 5.74) is 0. The zero-order valence-corrected chi connectivity index (χ0v) is 15.4. The van der Waals surface area contributed by atoms with Crippen LogP contribution in [0.5, 0.6) is 0 Å². The van der Waals surface area contributed by atoms with Crippen LogP contribution in [0.2, 0.25) is 5.02 Å². The van der Waals surface area contributed by atoms with Gasteiger partial charge in [0.25, 0.3) is 5.91 Å². The highest BCUT2D eigenvalue weighted by Crippen LogP contribution is 2.34. The minimum atomic E-state index is -1.10. The normalized spacial score (nSPS) is 12.2. The van der Waals surface area contributed by atoms with Gasteiger partial charge in [-0.15, -0.1) is 11.3 Å². The van der Waals surface area contributed by atoms with Crippen molar-refractivity contribution in [3.63, 3.8) is 0 Å². The fourth-order valence-corrected chi connectivity index (χ4v) is 3.77. The number of halogens is 1. The van der Waals surface area contributed by atoms with E-state index in [2.05, 4.69) is 10.6 Å². The molecule has 0 aliphatic carbocycles. The summed E-state index contributed by atoms with van der Waals surface area (Å²) in [6.45, 7) is 3.42. The fraction of sp³-hybridized carbons (Fsp3) is 0.353. The topological polar surface area (TPSA) is 95.5 Å². The molecule has 0 bridgehead atoms. The van der Waals surface area contributed by atoms with E-state index in [0.717, 1.165) is 10.1 Å². The van der Waals surface area contributed by atoms with E-state index in [0.29, 0.717) is 16.3 Å². The molecule has 0 unspecified atom stereocenters. The summed E-state index contributed by atoms with van der Waals surface area (Å²) in [4.78, 5) is 35.7. The Hall–Kier alpha value is -2.12. The van der Waals surface area contributed by atoms with Crippen LogP contribution in [-0.4, -0.2) is 35.5 Å². The van der Waals surface area contributed by atoms with Crippen LogP contribution in [0.15, 0.2) is 24.3 Å². The number of thiophene rings is 1. The minimum absolute atomic E-state index is 0.119. The molecule has 134 valence electrons. The molecule has 6 nitrogen and oxygen atoms in total. The zero-order chi connectivity index (χ0) is 18.6. The Labute approximate surface area is 154 Å². The number of aliphatic carboxylic acids is 1. The molecule has 2 aromatic rings. The molecule has 1 atom stereocenters. The van der Waals surface area contributed by atoms with E-state index in [1.54, 1.807) is 0 Å². The summed E-state index contributed by atoms with van der Waals surface area (Å²) < 4.78 is 0.880. The van der Waals surface area contributed by atoms with Gasteiger partial charge in [-0.05, 0) is 18.4 Å². The average Bonchev–Trinajstić information content (AvgIpc) is 2.89. The summed E-state index contributed by atoms with van der Waals surface area (Å²) >= 11 is 7.46. The van der Waals surface area contributed by atoms with Crippen LogP contribution < -0.4 is 10.6 Å². The van der Waals surface area contributed by atoms with Crippen LogP contribution in [-0.2, 0) is 9.59 Å². The predicted molar refractivity (Wildman–Crippen MR) is 98.2 cm³/mol. The van der Waals surface area contributed by atoms with Gasteiger partial charge in [0.15, 0.2) is 0 Å². The second-order valence-electron chi connectivity index (χ2n) is 6.01. The molecule has 0 saturated carbocycles. The summed E-state index contributed by atoms with van der Waals surface area (Å²) in [6.07, 6.45) is 0.317. The van der Waals surface area contributed by atoms with Crippen LogP contribution >= 0.6 is 22.9 Å². The molecule has 1 heterocycles. The maximum absolute atomic E-state index is 12.3. The van der Waals surface area contributed by atoms with Crippen molar-refractivity contribution >= 4 is 50.8 Å². The Morgan fingerprint density at radius 1 is 1.24 bits per heavy atom. The van der Waals surface area contributed by atoms with Crippen LogP contribution in [0.1, 0.15) is 29.9 Å². The Kier molecular flexibility index (Phi) is 6.39. The van der Waals surface area contributed by atoms with E-state index < -0.39 is 23.8 Å². The van der Waals surface area contributed by atoms with Gasteiger partial charge in [-0.1, -0.05) is 43.6 Å². The zero-order valence-electron chi connectivity index (χ0n) is 13.8. The molecule has 0 saturated heterocycles. The van der Waals surface area contributed by atoms with Gasteiger partial charge in [0.05, 0.1) is 11.6 Å². The number of rotatable bonds is 7. The summed E-state index contributed by atoms with van der Waals surface area (Å²) in [5, 5.41) is 15.2. The van der Waals surface area contributed by atoms with Crippen molar-refractivity contribution in [3.05, 3.63) is 34.2 Å². The van der Waals surface area contributed by atoms with Crippen molar-refractivity contribution in [1.29, 1.82) is 0 Å². The molecule has 25 heavy (non-hydrogen) atoms. The third-order valence-corrected chi connectivity index (χ3v) is 5.17. The minimum Gasteiger partial charge on any atom is -0.480 e. The van der Waals surface area contributed by atoms with E-state index in [1.165, 1.54) is 11.3 Å². The lowest BCUT2D eigenvalue weighted by atomic mass is 10.0. The van der Waals surface area contributed by atoms with Gasteiger partial charge < -0.3 is 15.7 Å². The van der Waals surface area contributed by atoms with Gasteiger partial charge in [0.1, 0.15) is 10.9 Å². The molecule has 8 heteroatoms. The van der Waals surface area contributed by atoms with Crippen LogP contribution in [0.4, 0.5) is 0 Å². The molecule has 1 aromatic heterocycles. The largest absolute Gasteiger partial charge is 0.480 e. The second kappa shape index (κ2) is 8.31. The lowest BCUT2D eigenvalue weighted by molar-refractivity contribution is -0.142. The average molecular weight is 383 g/mol. The van der Waals surface area contributed by atoms with Gasteiger partial charge in [0, 0.05) is 10.1 Å². The van der Waals surface area contributed by atoms with Crippen molar-refractivity contribution in [2.24, 2.45) is 5.92 Å². The van der Waals surface area contributed by atoms with E-state index in [-0.39, 0.29) is 12.5 Å². The molecule has 2 rings (SSSR count). The third kappa shape index (κ3) is 4.93. The molecule has 0 spiro atoms. The van der Waals surface area contributed by atoms with Crippen LogP contribution in [0, 0.1) is 5.92 Å². The lowest BCUT2D eigenvalue weighted by Gasteiger charge is -2.16. The van der Waals surface area contributed by atoms with Gasteiger partial charge in [0.2, 0.25) is 5.91 Å². The van der Waals surface area contributed by atoms with Gasteiger partial charge >= 0.3 is 5.97 Å². The summed E-state index contributed by atoms with van der Waals surface area (Å²) in [5.74, 6) is -2.00. The molecule has 0 radical (unpaired) electrons. The number of fused-ring (bicyclic) bond motifs is 1. The second-order valence-corrected chi connectivity index (χ2v) is 7.44. The molecule has 3 N–H and O–H groups in total. The number of carboxylic acid groups (broad SMARTS) is 1. The molecule has 2 amide bonds. The number of carboxylic acids is 1. The first-order chi connectivity index (χ1) is 11.8. The van der Waals surface area contributed by atoms with E-state index >= 15 is 0 Å². The van der Waals surface area contributed by atoms with Gasteiger partial charge in [-0.3, -0.25) is 9.59 Å². The highest BCUT2D eigenvalue weighted by molar-refractivity contribution is 7.21. The van der Waals surface area contributed by atoms with Crippen LogP contribution in [0.3, 0.4) is 0 Å². The maximum atomic E-state index is 12.3. The van der Waals surface area contributed by atoms with Crippen LogP contribution in [0.25, 0.3) is 10.1 Å². The van der Waals surface area contributed by atoms with E-state index in [1.807, 2.05) is 38.1 Å². The maximum Gasteiger partial charge on any atom is 0.326 e. The Morgan fingerprint density at radius 2 is 1.92 bits per heavy atom. The number of benzene rings is 1. The first-order valence-corrected chi connectivity index (χ1v) is 8.96. The third-order valence-electron chi connectivity index (χ3n) is 3.49. The molecule has 0 fully saturated rings. The SMILES string of the molecule is CC(C)C[C@@H](NC(=O)CNC(=O)c1sc2ccccc2c1Cl)C(=O)O. The number of hydrogen-bond acceptors (Lipinski definition) is 4. The predicted octanol–water partition coefficient (Wildman–Crippen LogP) is 2.90. The molecule has 0 aliphatic heterocycles. The quantitative estimate of drug-likeness (QED) is 0.686. The number of carbonyl (C=O) groups is 3. The first kappa shape index (κ1) is 19.2. The van der Waals surface area contributed by atoms with E-state index in [4.69, 9.17) is 16.7 Å². The highest BCUT2D eigenvalue weighted by atomic mass is 35.5. The summed E-state index contributed by atoms with van der Waals surface area (Å²) in [7, 11) is 0. The molecular formula is C17H19ClN2O4S. The summed E-state index contributed by atoms with van der Waals surface area (Å²) in [6, 6.07) is 6.39. The Morgan fingerprint density at radius 3 is 2.52 bits per heavy atom. The fourth-order valence-electron chi connectivity index (χ4n) is 2.34. The lowest BCUT2D eigenvalue weighted by Crippen LogP contribution is -2.46. The van der Waals surface area contributed by atoms with Crippen molar-refractivity contribution in [2.45, 2.75) is 26.3 Å². The van der Waals surface area contributed by atoms with Crippen molar-refractivity contribution in [2.75, 3.05) is 6.54 Å². The standard InChI is InChI=1S/C17H19ClN2O4S/c1-9(2)7-11(17(23)24)20-13(21)8-19-16(22)15-14(18)10-5-3-4-6-12(10)25-15/h3-6,9,11H,7-8H2,1-2H3,(H,19,22)(H,20,21)(H,23,24)/t11-/m1/s1. The molecule has 0 aliphatic rings. The van der Waals surface area contributed by atoms with Crippen molar-refractivity contribution < 1.29 is 19.5 Å². The number of nitrogens with one attached hydrogen (secondary N) is 2.